The Labute approximate surface area is 117 Å². The number of nitrogens with zero attached hydrogens (tertiary/aromatic N) is 5. The number of alkyl halides is 3. The fraction of sp³-hybridized carbons (Fsp3) is 0.273. The second kappa shape index (κ2) is 5.28. The summed E-state index contributed by atoms with van der Waals surface area (Å²) in [5.41, 5.74) is 6.19. The van der Waals surface area contributed by atoms with E-state index in [1.807, 2.05) is 5.32 Å². The van der Waals surface area contributed by atoms with Crippen LogP contribution in [0.15, 0.2) is 12.1 Å². The second-order valence-electron chi connectivity index (χ2n) is 4.13. The molecule has 0 radical (unpaired) electrons. The van der Waals surface area contributed by atoms with Gasteiger partial charge in [0.25, 0.3) is 0 Å². The normalized spacial score (nSPS) is 11.2. The molecule has 110 valence electrons. The van der Waals surface area contributed by atoms with E-state index in [1.54, 1.807) is 25.1 Å². The molecule has 0 bridgehead atoms. The van der Waals surface area contributed by atoms with E-state index in [0.717, 1.165) is 4.68 Å². The molecule has 7 nitrogen and oxygen atoms in total. The zero-order chi connectivity index (χ0) is 15.6. The predicted molar refractivity (Wildman–Crippen MR) is 67.6 cm³/mol. The molecule has 2 rings (SSSR count). The van der Waals surface area contributed by atoms with Gasteiger partial charge in [-0.3, -0.25) is 0 Å². The summed E-state index contributed by atoms with van der Waals surface area (Å²) in [4.78, 5) is 0. The Morgan fingerprint density at radius 3 is 2.62 bits per heavy atom. The monoisotopic (exact) mass is 297 g/mol. The molecule has 0 aromatic carbocycles. The van der Waals surface area contributed by atoms with Crippen LogP contribution in [-0.2, 0) is 0 Å². The number of halogens is 3. The molecular formula is C11H10F3N7. The SMILES string of the molecule is Cc1ccc(-n2nc(NCC(F)(F)F)c(C#N)c2N)nn1. The van der Waals surface area contributed by atoms with E-state index >= 15 is 0 Å². The zero-order valence-corrected chi connectivity index (χ0v) is 10.8. The Morgan fingerprint density at radius 1 is 1.38 bits per heavy atom. The Hall–Kier alpha value is -2.83. The maximum atomic E-state index is 12.2. The molecule has 0 atom stereocenters. The van der Waals surface area contributed by atoms with Crippen molar-refractivity contribution in [3.63, 3.8) is 0 Å². The summed E-state index contributed by atoms with van der Waals surface area (Å²) in [6.07, 6.45) is -4.44. The highest BCUT2D eigenvalue weighted by atomic mass is 19.4. The Morgan fingerprint density at radius 2 is 2.10 bits per heavy atom. The summed E-state index contributed by atoms with van der Waals surface area (Å²) in [5.74, 6) is -0.162. The van der Waals surface area contributed by atoms with E-state index in [0.29, 0.717) is 5.69 Å². The minimum atomic E-state index is -4.44. The van der Waals surface area contributed by atoms with E-state index in [1.165, 1.54) is 0 Å². The lowest BCUT2D eigenvalue weighted by atomic mass is 10.3. The van der Waals surface area contributed by atoms with Crippen molar-refractivity contribution in [2.24, 2.45) is 0 Å². The van der Waals surface area contributed by atoms with Gasteiger partial charge in [0.15, 0.2) is 11.6 Å². The van der Waals surface area contributed by atoms with Crippen LogP contribution in [-0.4, -0.2) is 32.7 Å². The van der Waals surface area contributed by atoms with Crippen LogP contribution in [0.5, 0.6) is 0 Å². The predicted octanol–water partition coefficient (Wildman–Crippen LogP) is 1.40. The van der Waals surface area contributed by atoms with Crippen molar-refractivity contribution < 1.29 is 13.2 Å². The van der Waals surface area contributed by atoms with E-state index in [-0.39, 0.29) is 23.0 Å². The highest BCUT2D eigenvalue weighted by molar-refractivity contribution is 5.65. The van der Waals surface area contributed by atoms with Gasteiger partial charge in [-0.2, -0.15) is 28.2 Å². The van der Waals surface area contributed by atoms with Gasteiger partial charge < -0.3 is 11.1 Å². The molecule has 2 heterocycles. The van der Waals surface area contributed by atoms with Crippen LogP contribution in [0.25, 0.3) is 5.82 Å². The van der Waals surface area contributed by atoms with Crippen LogP contribution in [0.2, 0.25) is 0 Å². The Kier molecular flexibility index (Phi) is 3.66. The maximum Gasteiger partial charge on any atom is 0.405 e. The van der Waals surface area contributed by atoms with Gasteiger partial charge >= 0.3 is 6.18 Å². The smallest absolute Gasteiger partial charge is 0.382 e. The first kappa shape index (κ1) is 14.6. The Bertz CT molecular complexity index is 682. The average Bonchev–Trinajstić information content (AvgIpc) is 2.73. The fourth-order valence-electron chi connectivity index (χ4n) is 1.53. The van der Waals surface area contributed by atoms with Crippen LogP contribution < -0.4 is 11.1 Å². The van der Waals surface area contributed by atoms with Crippen LogP contribution in [0.1, 0.15) is 11.3 Å². The van der Waals surface area contributed by atoms with Crippen molar-refractivity contribution in [1.29, 1.82) is 5.26 Å². The highest BCUT2D eigenvalue weighted by Gasteiger charge is 2.28. The quantitative estimate of drug-likeness (QED) is 0.887. The molecule has 0 saturated heterocycles. The van der Waals surface area contributed by atoms with Gasteiger partial charge in [0.2, 0.25) is 0 Å². The summed E-state index contributed by atoms with van der Waals surface area (Å²) in [6.45, 7) is 0.401. The number of nitrogens with two attached hydrogens (primary N) is 1. The number of nitrogens with one attached hydrogen (secondary N) is 1. The minimum absolute atomic E-state index is 0.111. The summed E-state index contributed by atoms with van der Waals surface area (Å²) in [7, 11) is 0. The van der Waals surface area contributed by atoms with Crippen LogP contribution in [0, 0.1) is 18.3 Å². The maximum absolute atomic E-state index is 12.2. The molecule has 10 heteroatoms. The van der Waals surface area contributed by atoms with Gasteiger partial charge in [-0.1, -0.05) is 0 Å². The number of hydrogen-bond acceptors (Lipinski definition) is 6. The van der Waals surface area contributed by atoms with Gasteiger partial charge in [0.1, 0.15) is 24.0 Å². The first-order valence-electron chi connectivity index (χ1n) is 5.72. The van der Waals surface area contributed by atoms with Crippen molar-refractivity contribution in [3.05, 3.63) is 23.4 Å². The topological polar surface area (TPSA) is 105 Å². The van der Waals surface area contributed by atoms with Crippen LogP contribution in [0.3, 0.4) is 0 Å². The number of aromatic nitrogens is 4. The standard InChI is InChI=1S/C11H10F3N7/c1-6-2-3-8(19-18-6)21-9(16)7(4-15)10(20-21)17-5-11(12,13)14/h2-3H,5,16H2,1H3,(H,17,20). The van der Waals surface area contributed by atoms with Crippen molar-refractivity contribution in [3.8, 4) is 11.9 Å². The van der Waals surface area contributed by atoms with Crippen LogP contribution >= 0.6 is 0 Å². The molecule has 2 aromatic rings. The third-order valence-electron chi connectivity index (χ3n) is 2.49. The molecule has 0 amide bonds. The van der Waals surface area contributed by atoms with E-state index in [9.17, 15) is 13.2 Å². The van der Waals surface area contributed by atoms with E-state index < -0.39 is 12.7 Å². The number of aryl methyl sites for hydroxylation is 1. The third kappa shape index (κ3) is 3.19. The first-order valence-corrected chi connectivity index (χ1v) is 5.72. The molecular weight excluding hydrogens is 287 g/mol. The van der Waals surface area contributed by atoms with Crippen molar-refractivity contribution >= 4 is 11.6 Å². The number of rotatable bonds is 3. The number of nitrogen functional groups attached to an aromatic ring is 1. The molecule has 3 N–H and O–H groups in total. The summed E-state index contributed by atoms with van der Waals surface area (Å²) < 4.78 is 37.7. The molecule has 0 aliphatic carbocycles. The third-order valence-corrected chi connectivity index (χ3v) is 2.49. The average molecular weight is 297 g/mol. The molecule has 0 fully saturated rings. The minimum Gasteiger partial charge on any atom is -0.382 e. The van der Waals surface area contributed by atoms with Gasteiger partial charge in [0.05, 0.1) is 5.69 Å². The largest absolute Gasteiger partial charge is 0.405 e. The number of nitriles is 1. The molecule has 0 aliphatic rings. The van der Waals surface area contributed by atoms with Crippen molar-refractivity contribution in [2.75, 3.05) is 17.6 Å². The summed E-state index contributed by atoms with van der Waals surface area (Å²) >= 11 is 0. The lowest BCUT2D eigenvalue weighted by Gasteiger charge is -2.06. The van der Waals surface area contributed by atoms with Gasteiger partial charge in [-0.25, -0.2) is 0 Å². The molecule has 0 spiro atoms. The van der Waals surface area contributed by atoms with Crippen LogP contribution in [0.4, 0.5) is 24.8 Å². The zero-order valence-electron chi connectivity index (χ0n) is 10.8. The lowest BCUT2D eigenvalue weighted by Crippen LogP contribution is -2.22. The number of anilines is 2. The Balaban J connectivity index is 2.38. The first-order chi connectivity index (χ1) is 9.81. The van der Waals surface area contributed by atoms with Crippen molar-refractivity contribution in [1.82, 2.24) is 20.0 Å². The van der Waals surface area contributed by atoms with E-state index in [2.05, 4.69) is 15.3 Å². The lowest BCUT2D eigenvalue weighted by molar-refractivity contribution is -0.115. The molecule has 2 aromatic heterocycles. The summed E-state index contributed by atoms with van der Waals surface area (Å²) in [6, 6.07) is 4.89. The van der Waals surface area contributed by atoms with Gasteiger partial charge in [-0.05, 0) is 19.1 Å². The molecule has 0 saturated carbocycles. The molecule has 21 heavy (non-hydrogen) atoms. The number of hydrogen-bond donors (Lipinski definition) is 2. The van der Waals surface area contributed by atoms with Gasteiger partial charge in [0, 0.05) is 0 Å². The molecule has 0 aliphatic heterocycles. The molecule has 0 unspecified atom stereocenters. The van der Waals surface area contributed by atoms with Crippen molar-refractivity contribution in [2.45, 2.75) is 13.1 Å². The summed E-state index contributed by atoms with van der Waals surface area (Å²) in [5, 5.41) is 22.5. The highest BCUT2D eigenvalue weighted by Crippen LogP contribution is 2.24. The fourth-order valence-corrected chi connectivity index (χ4v) is 1.53. The van der Waals surface area contributed by atoms with E-state index in [4.69, 9.17) is 11.0 Å². The van der Waals surface area contributed by atoms with Gasteiger partial charge in [-0.15, -0.1) is 10.2 Å². The second-order valence-corrected chi connectivity index (χ2v) is 4.13.